The van der Waals surface area contributed by atoms with Crippen LogP contribution in [0.5, 0.6) is 5.88 Å². The van der Waals surface area contributed by atoms with Gasteiger partial charge >= 0.3 is 0 Å². The maximum Gasteiger partial charge on any atom is 0.235 e. The van der Waals surface area contributed by atoms with Crippen molar-refractivity contribution in [2.24, 2.45) is 0 Å². The highest BCUT2D eigenvalue weighted by Gasteiger charge is 2.30. The summed E-state index contributed by atoms with van der Waals surface area (Å²) in [5, 5.41) is 2.73. The van der Waals surface area contributed by atoms with Crippen molar-refractivity contribution in [1.29, 1.82) is 0 Å². The van der Waals surface area contributed by atoms with Crippen LogP contribution in [0.2, 0.25) is 0 Å². The molecule has 1 saturated heterocycles. The maximum absolute atomic E-state index is 11.9. The van der Waals surface area contributed by atoms with Gasteiger partial charge < -0.3 is 14.8 Å². The van der Waals surface area contributed by atoms with Crippen molar-refractivity contribution < 1.29 is 22.7 Å². The zero-order chi connectivity index (χ0) is 16.0. The van der Waals surface area contributed by atoms with Gasteiger partial charge in [0.25, 0.3) is 0 Å². The molecule has 1 aliphatic heterocycles. The summed E-state index contributed by atoms with van der Waals surface area (Å²) in [6, 6.07) is 5.00. The van der Waals surface area contributed by atoms with Crippen LogP contribution >= 0.6 is 0 Å². The number of sulfone groups is 1. The summed E-state index contributed by atoms with van der Waals surface area (Å²) < 4.78 is 34.1. The molecular formula is C14H20N2O5S. The van der Waals surface area contributed by atoms with E-state index in [9.17, 15) is 13.2 Å². The number of carbonyl (C=O) groups excluding carboxylic acids is 1. The Labute approximate surface area is 129 Å². The molecule has 1 aliphatic rings. The lowest BCUT2D eigenvalue weighted by atomic mass is 10.1. The van der Waals surface area contributed by atoms with Gasteiger partial charge in [-0.3, -0.25) is 4.79 Å². The first kappa shape index (κ1) is 16.7. The minimum atomic E-state index is -3.34. The number of nitrogens with one attached hydrogen (secondary N) is 1. The molecule has 1 aromatic rings. The quantitative estimate of drug-likeness (QED) is 0.800. The van der Waals surface area contributed by atoms with Crippen molar-refractivity contribution in [3.8, 4) is 5.88 Å². The Hall–Kier alpha value is -1.67. The van der Waals surface area contributed by atoms with Crippen molar-refractivity contribution in [1.82, 2.24) is 10.3 Å². The predicted molar refractivity (Wildman–Crippen MR) is 80.3 cm³/mol. The molecule has 2 atom stereocenters. The second-order valence-electron chi connectivity index (χ2n) is 5.04. The van der Waals surface area contributed by atoms with E-state index in [1.807, 2.05) is 0 Å². The minimum absolute atomic E-state index is 0.0535. The normalized spacial score (nSPS) is 22.0. The van der Waals surface area contributed by atoms with E-state index >= 15 is 0 Å². The smallest absolute Gasteiger partial charge is 0.235 e. The van der Waals surface area contributed by atoms with Gasteiger partial charge in [0, 0.05) is 24.6 Å². The van der Waals surface area contributed by atoms with Crippen molar-refractivity contribution in [3.05, 3.63) is 24.4 Å². The van der Waals surface area contributed by atoms with Gasteiger partial charge in [0.2, 0.25) is 11.8 Å². The van der Waals surface area contributed by atoms with Gasteiger partial charge in [0.05, 0.1) is 12.6 Å². The third-order valence-electron chi connectivity index (χ3n) is 3.35. The number of aromatic nitrogens is 1. The number of hydrogen-bond acceptors (Lipinski definition) is 6. The fourth-order valence-electron chi connectivity index (χ4n) is 2.12. The van der Waals surface area contributed by atoms with Gasteiger partial charge in [0.1, 0.15) is 11.9 Å². The number of hydrogen-bond donors (Lipinski definition) is 1. The molecule has 1 amide bonds. The highest BCUT2D eigenvalue weighted by atomic mass is 32.2. The lowest BCUT2D eigenvalue weighted by molar-refractivity contribution is -0.121. The van der Waals surface area contributed by atoms with Crippen molar-refractivity contribution in [2.45, 2.75) is 25.5 Å². The van der Waals surface area contributed by atoms with E-state index in [4.69, 9.17) is 9.47 Å². The third-order valence-corrected chi connectivity index (χ3v) is 4.93. The molecule has 0 saturated carbocycles. The standard InChI is InChI=1S/C14H20N2O5S/c1-2-22(18,19)10-13(17)16-11-6-8-20-9-12(11)21-14-5-3-4-7-15-14/h3-5,7,11-12H,2,6,8-10H2,1H3,(H,16,17)/t11-,12-/m1/s1. The predicted octanol–water partition coefficient (Wildman–Crippen LogP) is 0.169. The largest absolute Gasteiger partial charge is 0.470 e. The van der Waals surface area contributed by atoms with Crippen LogP contribution in [-0.2, 0) is 19.4 Å². The Morgan fingerprint density at radius 3 is 3.00 bits per heavy atom. The lowest BCUT2D eigenvalue weighted by Crippen LogP contribution is -2.52. The fourth-order valence-corrected chi connectivity index (χ4v) is 2.80. The zero-order valence-corrected chi connectivity index (χ0v) is 13.2. The van der Waals surface area contributed by atoms with Crippen molar-refractivity contribution in [2.75, 3.05) is 24.7 Å². The van der Waals surface area contributed by atoms with E-state index < -0.39 is 27.6 Å². The number of nitrogens with zero attached hydrogens (tertiary/aromatic N) is 1. The summed E-state index contributed by atoms with van der Waals surface area (Å²) in [5.41, 5.74) is 0. The topological polar surface area (TPSA) is 94.6 Å². The minimum Gasteiger partial charge on any atom is -0.470 e. The molecule has 2 heterocycles. The molecule has 2 rings (SSSR count). The van der Waals surface area contributed by atoms with Gasteiger partial charge in [-0.2, -0.15) is 0 Å². The molecule has 7 nitrogen and oxygen atoms in total. The fraction of sp³-hybridized carbons (Fsp3) is 0.571. The second-order valence-corrected chi connectivity index (χ2v) is 7.39. The molecule has 0 radical (unpaired) electrons. The molecule has 122 valence electrons. The van der Waals surface area contributed by atoms with Gasteiger partial charge in [0.15, 0.2) is 9.84 Å². The molecule has 1 fully saturated rings. The van der Waals surface area contributed by atoms with E-state index in [0.29, 0.717) is 25.5 Å². The van der Waals surface area contributed by atoms with Crippen LogP contribution in [0.1, 0.15) is 13.3 Å². The molecule has 0 bridgehead atoms. The zero-order valence-electron chi connectivity index (χ0n) is 12.4. The van der Waals surface area contributed by atoms with Gasteiger partial charge in [-0.05, 0) is 12.5 Å². The number of ether oxygens (including phenoxy) is 2. The summed E-state index contributed by atoms with van der Waals surface area (Å²) in [6.45, 7) is 2.33. The van der Waals surface area contributed by atoms with Gasteiger partial charge in [-0.15, -0.1) is 0 Å². The average Bonchev–Trinajstić information content (AvgIpc) is 2.50. The number of pyridine rings is 1. The highest BCUT2D eigenvalue weighted by molar-refractivity contribution is 7.92. The van der Waals surface area contributed by atoms with E-state index in [-0.39, 0.29) is 11.8 Å². The summed E-state index contributed by atoms with van der Waals surface area (Å²) in [7, 11) is -3.34. The first-order valence-electron chi connectivity index (χ1n) is 7.15. The van der Waals surface area contributed by atoms with E-state index in [2.05, 4.69) is 10.3 Å². The molecule has 0 aromatic carbocycles. The molecule has 0 spiro atoms. The van der Waals surface area contributed by atoms with Gasteiger partial charge in [-0.1, -0.05) is 13.0 Å². The van der Waals surface area contributed by atoms with Crippen LogP contribution in [0.25, 0.3) is 0 Å². The van der Waals surface area contributed by atoms with Crippen LogP contribution in [0, 0.1) is 0 Å². The first-order valence-corrected chi connectivity index (χ1v) is 8.97. The lowest BCUT2D eigenvalue weighted by Gasteiger charge is -2.32. The van der Waals surface area contributed by atoms with E-state index in [1.54, 1.807) is 24.4 Å². The first-order chi connectivity index (χ1) is 10.5. The Morgan fingerprint density at radius 1 is 1.50 bits per heavy atom. The SMILES string of the molecule is CCS(=O)(=O)CC(=O)N[C@@H]1CCOC[C@H]1Oc1ccccn1. The van der Waals surface area contributed by atoms with Crippen LogP contribution in [0.15, 0.2) is 24.4 Å². The Balaban J connectivity index is 1.96. The number of rotatable bonds is 6. The summed E-state index contributed by atoms with van der Waals surface area (Å²) >= 11 is 0. The Morgan fingerprint density at radius 2 is 2.32 bits per heavy atom. The van der Waals surface area contributed by atoms with Gasteiger partial charge in [-0.25, -0.2) is 13.4 Å². The molecule has 1 aromatic heterocycles. The number of carbonyl (C=O) groups is 1. The number of amides is 1. The molecule has 8 heteroatoms. The molecular weight excluding hydrogens is 308 g/mol. The van der Waals surface area contributed by atoms with Crippen LogP contribution in [-0.4, -0.2) is 56.2 Å². The molecule has 0 aliphatic carbocycles. The van der Waals surface area contributed by atoms with Crippen LogP contribution in [0.3, 0.4) is 0 Å². The van der Waals surface area contributed by atoms with Crippen LogP contribution in [0.4, 0.5) is 0 Å². The maximum atomic E-state index is 11.9. The molecule has 22 heavy (non-hydrogen) atoms. The second kappa shape index (κ2) is 7.55. The Kier molecular flexibility index (Phi) is 5.73. The summed E-state index contributed by atoms with van der Waals surface area (Å²) in [6.07, 6.45) is 1.78. The molecule has 0 unspecified atom stereocenters. The van der Waals surface area contributed by atoms with E-state index in [1.165, 1.54) is 6.92 Å². The third kappa shape index (κ3) is 4.96. The van der Waals surface area contributed by atoms with Crippen LogP contribution < -0.4 is 10.1 Å². The van der Waals surface area contributed by atoms with Crippen molar-refractivity contribution in [3.63, 3.8) is 0 Å². The Bertz CT molecular complexity index is 591. The average molecular weight is 328 g/mol. The highest BCUT2D eigenvalue weighted by Crippen LogP contribution is 2.15. The molecule has 1 N–H and O–H groups in total. The summed E-state index contributed by atoms with van der Waals surface area (Å²) in [5.74, 6) is -0.624. The summed E-state index contributed by atoms with van der Waals surface area (Å²) in [4.78, 5) is 16.0. The van der Waals surface area contributed by atoms with E-state index in [0.717, 1.165) is 0 Å². The monoisotopic (exact) mass is 328 g/mol. The van der Waals surface area contributed by atoms with Crippen molar-refractivity contribution >= 4 is 15.7 Å².